The van der Waals surface area contributed by atoms with Crippen LogP contribution in [0.1, 0.15) is 16.9 Å². The van der Waals surface area contributed by atoms with Crippen LogP contribution in [0.2, 0.25) is 5.02 Å². The number of nitrogens with one attached hydrogen (secondary N) is 1. The molecule has 0 spiro atoms. The van der Waals surface area contributed by atoms with E-state index in [0.29, 0.717) is 10.7 Å². The zero-order chi connectivity index (χ0) is 19.8. The van der Waals surface area contributed by atoms with E-state index in [-0.39, 0.29) is 11.9 Å². The van der Waals surface area contributed by atoms with Gasteiger partial charge in [-0.05, 0) is 48.9 Å². The van der Waals surface area contributed by atoms with E-state index in [1.165, 1.54) is 0 Å². The maximum Gasteiger partial charge on any atom is 0.272 e. The zero-order valence-corrected chi connectivity index (χ0v) is 16.3. The van der Waals surface area contributed by atoms with Crippen molar-refractivity contribution in [1.82, 2.24) is 24.5 Å². The lowest BCUT2D eigenvalue weighted by atomic mass is 10.2. The van der Waals surface area contributed by atoms with Gasteiger partial charge in [0.2, 0.25) is 0 Å². The number of carbonyl (C=O) groups is 1. The Kier molecular flexibility index (Phi) is 4.44. The Bertz CT molecular complexity index is 1170. The molecule has 1 aliphatic rings. The van der Waals surface area contributed by atoms with Gasteiger partial charge in [-0.3, -0.25) is 4.79 Å². The fourth-order valence-corrected chi connectivity index (χ4v) is 3.84. The molecule has 4 aromatic rings. The van der Waals surface area contributed by atoms with Crippen LogP contribution in [0.25, 0.3) is 11.2 Å². The molecule has 4 heterocycles. The third-order valence-electron chi connectivity index (χ3n) is 5.17. The fraction of sp³-hybridized carbons (Fsp3) is 0.190. The summed E-state index contributed by atoms with van der Waals surface area (Å²) in [6.07, 6.45) is 8.39. The summed E-state index contributed by atoms with van der Waals surface area (Å²) in [4.78, 5) is 19.4. The Morgan fingerprint density at radius 1 is 1.10 bits per heavy atom. The summed E-state index contributed by atoms with van der Waals surface area (Å²) in [5.41, 5.74) is 2.32. The number of fused-ring (bicyclic) bond motifs is 1. The fourth-order valence-electron chi connectivity index (χ4n) is 3.71. The molecule has 1 unspecified atom stereocenters. The van der Waals surface area contributed by atoms with E-state index in [9.17, 15) is 4.79 Å². The van der Waals surface area contributed by atoms with Crippen molar-refractivity contribution in [1.29, 1.82) is 0 Å². The van der Waals surface area contributed by atoms with E-state index >= 15 is 0 Å². The van der Waals surface area contributed by atoms with Gasteiger partial charge >= 0.3 is 0 Å². The quantitative estimate of drug-likeness (QED) is 0.565. The third-order valence-corrected chi connectivity index (χ3v) is 5.42. The molecular formula is C21H19ClN6O. The lowest BCUT2D eigenvalue weighted by molar-refractivity contribution is 0.0935. The van der Waals surface area contributed by atoms with Gasteiger partial charge in [-0.15, -0.1) is 0 Å². The molecule has 1 N–H and O–H groups in total. The topological polar surface area (TPSA) is 67.5 Å². The van der Waals surface area contributed by atoms with Gasteiger partial charge in [-0.2, -0.15) is 5.10 Å². The number of rotatable bonds is 4. The maximum absolute atomic E-state index is 12.7. The van der Waals surface area contributed by atoms with Crippen LogP contribution in [0.15, 0.2) is 67.3 Å². The van der Waals surface area contributed by atoms with E-state index in [0.717, 1.165) is 36.5 Å². The molecule has 7 nitrogen and oxygen atoms in total. The van der Waals surface area contributed by atoms with Gasteiger partial charge in [0.25, 0.3) is 5.91 Å². The van der Waals surface area contributed by atoms with E-state index in [2.05, 4.69) is 30.8 Å². The normalized spacial score (nSPS) is 16.4. The zero-order valence-electron chi connectivity index (χ0n) is 15.6. The second-order valence-electron chi connectivity index (χ2n) is 7.08. The summed E-state index contributed by atoms with van der Waals surface area (Å²) < 4.78 is 3.72. The second-order valence-corrected chi connectivity index (χ2v) is 7.52. The first-order chi connectivity index (χ1) is 14.2. The number of hydrogen-bond donors (Lipinski definition) is 1. The van der Waals surface area contributed by atoms with Crippen molar-refractivity contribution in [2.45, 2.75) is 12.5 Å². The first-order valence-corrected chi connectivity index (χ1v) is 9.84. The summed E-state index contributed by atoms with van der Waals surface area (Å²) in [7, 11) is 0. The molecular weight excluding hydrogens is 388 g/mol. The number of carbonyl (C=O) groups excluding carboxylic acids is 1. The summed E-state index contributed by atoms with van der Waals surface area (Å²) in [6.45, 7) is 1.57. The Balaban J connectivity index is 1.26. The minimum Gasteiger partial charge on any atom is -0.353 e. The molecule has 1 aromatic carbocycles. The molecule has 5 rings (SSSR count). The van der Waals surface area contributed by atoms with Crippen molar-refractivity contribution < 1.29 is 4.79 Å². The maximum atomic E-state index is 12.7. The van der Waals surface area contributed by atoms with Crippen LogP contribution in [-0.4, -0.2) is 44.2 Å². The number of halogens is 1. The minimum atomic E-state index is -0.168. The van der Waals surface area contributed by atoms with Gasteiger partial charge in [0, 0.05) is 48.9 Å². The van der Waals surface area contributed by atoms with Crippen LogP contribution in [0.3, 0.4) is 0 Å². The molecule has 0 radical (unpaired) electrons. The molecule has 3 aromatic heterocycles. The molecule has 1 atom stereocenters. The summed E-state index contributed by atoms with van der Waals surface area (Å²) in [5, 5.41) is 8.16. The van der Waals surface area contributed by atoms with Crippen molar-refractivity contribution in [3.63, 3.8) is 0 Å². The number of amides is 1. The van der Waals surface area contributed by atoms with Crippen molar-refractivity contribution in [3.05, 3.63) is 78.0 Å². The predicted octanol–water partition coefficient (Wildman–Crippen LogP) is 3.18. The summed E-state index contributed by atoms with van der Waals surface area (Å²) in [6, 6.07) is 13.2. The Hall–Kier alpha value is -3.32. The van der Waals surface area contributed by atoms with E-state index < -0.39 is 0 Å². The van der Waals surface area contributed by atoms with Crippen LogP contribution < -0.4 is 10.2 Å². The van der Waals surface area contributed by atoms with Crippen LogP contribution in [0.5, 0.6) is 0 Å². The van der Waals surface area contributed by atoms with Crippen molar-refractivity contribution in [3.8, 4) is 5.69 Å². The lowest BCUT2D eigenvalue weighted by Crippen LogP contribution is -2.37. The summed E-state index contributed by atoms with van der Waals surface area (Å²) >= 11 is 5.93. The van der Waals surface area contributed by atoms with E-state index in [1.54, 1.807) is 35.3 Å². The average molecular weight is 407 g/mol. The standard InChI is InChI=1S/C21H19ClN6O/c22-15-3-5-17(6-4-15)28-12-8-18(25-28)21(29)24-16-7-11-27(14-16)20-19-2-1-10-26(19)13-9-23-20/h1-6,8-10,12-13,16H,7,11,14H2,(H,24,29). The Morgan fingerprint density at radius 2 is 1.97 bits per heavy atom. The highest BCUT2D eigenvalue weighted by Gasteiger charge is 2.27. The number of benzene rings is 1. The summed E-state index contributed by atoms with van der Waals surface area (Å²) in [5.74, 6) is 0.777. The average Bonchev–Trinajstić information content (AvgIpc) is 3.48. The molecule has 8 heteroatoms. The smallest absolute Gasteiger partial charge is 0.272 e. The van der Waals surface area contributed by atoms with Crippen molar-refractivity contribution in [2.75, 3.05) is 18.0 Å². The number of nitrogens with zero attached hydrogens (tertiary/aromatic N) is 5. The number of anilines is 1. The highest BCUT2D eigenvalue weighted by atomic mass is 35.5. The van der Waals surface area contributed by atoms with Crippen LogP contribution >= 0.6 is 11.6 Å². The van der Waals surface area contributed by atoms with Gasteiger partial charge in [0.15, 0.2) is 11.5 Å². The molecule has 29 heavy (non-hydrogen) atoms. The SMILES string of the molecule is O=C(NC1CCN(c2nccn3cccc23)C1)c1ccn(-c2ccc(Cl)cc2)n1. The monoisotopic (exact) mass is 406 g/mol. The largest absolute Gasteiger partial charge is 0.353 e. The van der Waals surface area contributed by atoms with E-state index in [4.69, 9.17) is 11.6 Å². The van der Waals surface area contributed by atoms with Gasteiger partial charge in [0.05, 0.1) is 11.2 Å². The van der Waals surface area contributed by atoms with Gasteiger partial charge in [-0.25, -0.2) is 9.67 Å². The first-order valence-electron chi connectivity index (χ1n) is 9.46. The van der Waals surface area contributed by atoms with Gasteiger partial charge in [-0.1, -0.05) is 11.6 Å². The van der Waals surface area contributed by atoms with Gasteiger partial charge < -0.3 is 14.6 Å². The Morgan fingerprint density at radius 3 is 2.83 bits per heavy atom. The number of hydrogen-bond acceptors (Lipinski definition) is 4. The third kappa shape index (κ3) is 3.45. The molecule has 0 saturated carbocycles. The highest BCUT2D eigenvalue weighted by Crippen LogP contribution is 2.23. The van der Waals surface area contributed by atoms with Crippen LogP contribution in [0, 0.1) is 0 Å². The predicted molar refractivity (Wildman–Crippen MR) is 112 cm³/mol. The molecule has 1 amide bonds. The molecule has 1 saturated heterocycles. The molecule has 0 bridgehead atoms. The first kappa shape index (κ1) is 17.8. The number of aromatic nitrogens is 4. The highest BCUT2D eigenvalue weighted by molar-refractivity contribution is 6.30. The lowest BCUT2D eigenvalue weighted by Gasteiger charge is -2.18. The Labute approximate surface area is 172 Å². The molecule has 146 valence electrons. The van der Waals surface area contributed by atoms with Crippen LogP contribution in [0.4, 0.5) is 5.82 Å². The van der Waals surface area contributed by atoms with Gasteiger partial charge in [0.1, 0.15) is 0 Å². The van der Waals surface area contributed by atoms with Crippen molar-refractivity contribution in [2.24, 2.45) is 0 Å². The second kappa shape index (κ2) is 7.25. The van der Waals surface area contributed by atoms with Crippen LogP contribution in [-0.2, 0) is 0 Å². The molecule has 1 fully saturated rings. The minimum absolute atomic E-state index is 0.0557. The molecule has 0 aliphatic carbocycles. The molecule has 1 aliphatic heterocycles. The van der Waals surface area contributed by atoms with E-state index in [1.807, 2.05) is 30.6 Å². The van der Waals surface area contributed by atoms with Crippen molar-refractivity contribution >= 4 is 28.8 Å².